The van der Waals surface area contributed by atoms with Gasteiger partial charge < -0.3 is 0 Å². The predicted octanol–water partition coefficient (Wildman–Crippen LogP) is 4.67. The normalized spacial score (nSPS) is 15.0. The van der Waals surface area contributed by atoms with Gasteiger partial charge in [0.1, 0.15) is 0 Å². The van der Waals surface area contributed by atoms with Crippen molar-refractivity contribution in [3.63, 3.8) is 0 Å². The molecule has 0 aliphatic rings. The zero-order chi connectivity index (χ0) is 12.2. The largest absolute Gasteiger partial charge is 0.115 e. The lowest BCUT2D eigenvalue weighted by molar-refractivity contribution is 0.890. The van der Waals surface area contributed by atoms with E-state index in [4.69, 9.17) is 6.42 Å². The van der Waals surface area contributed by atoms with Gasteiger partial charge in [-0.25, -0.2) is 0 Å². The molecular weight excluding hydrogens is 192 g/mol. The molecule has 0 aromatic rings. The van der Waals surface area contributed by atoms with Gasteiger partial charge >= 0.3 is 0 Å². The summed E-state index contributed by atoms with van der Waals surface area (Å²) in [5.41, 5.74) is 1.19. The maximum absolute atomic E-state index is 5.32. The first-order valence-electron chi connectivity index (χ1n) is 5.92. The van der Waals surface area contributed by atoms with Crippen LogP contribution in [0.4, 0.5) is 0 Å². The smallest absolute Gasteiger partial charge is 0.000109 e. The monoisotopic (exact) mass is 214 g/mol. The van der Waals surface area contributed by atoms with Gasteiger partial charge in [-0.15, -0.1) is 6.42 Å². The van der Waals surface area contributed by atoms with Crippen molar-refractivity contribution in [3.8, 4) is 12.3 Å². The zero-order valence-corrected chi connectivity index (χ0v) is 10.6. The second-order valence-corrected chi connectivity index (χ2v) is 3.63. The van der Waals surface area contributed by atoms with Crippen LogP contribution in [0.1, 0.15) is 33.6 Å². The van der Waals surface area contributed by atoms with Gasteiger partial charge in [-0.05, 0) is 30.4 Å². The third kappa shape index (κ3) is 6.90. The summed E-state index contributed by atoms with van der Waals surface area (Å²) >= 11 is 0. The average molecular weight is 214 g/mol. The van der Waals surface area contributed by atoms with Crippen LogP contribution in [0.5, 0.6) is 0 Å². The Morgan fingerprint density at radius 1 is 1.19 bits per heavy atom. The molecule has 0 heteroatoms. The van der Waals surface area contributed by atoms with E-state index in [1.165, 1.54) is 5.57 Å². The first kappa shape index (κ1) is 14.5. The van der Waals surface area contributed by atoms with Crippen LogP contribution in [0.25, 0.3) is 0 Å². The average Bonchev–Trinajstić information content (AvgIpc) is 2.29. The van der Waals surface area contributed by atoms with E-state index in [9.17, 15) is 0 Å². The first-order valence-corrected chi connectivity index (χ1v) is 5.92. The SMILES string of the molecule is C#C/C=C(\C=C/CC)C(C)/C=C\C=C/CC. The Hall–Kier alpha value is -1.48. The van der Waals surface area contributed by atoms with Crippen molar-refractivity contribution in [2.24, 2.45) is 5.92 Å². The maximum Gasteiger partial charge on any atom is -0.000109 e. The van der Waals surface area contributed by atoms with Crippen molar-refractivity contribution < 1.29 is 0 Å². The van der Waals surface area contributed by atoms with Crippen LogP contribution in [0.15, 0.2) is 48.1 Å². The lowest BCUT2D eigenvalue weighted by Gasteiger charge is -2.05. The molecule has 0 spiro atoms. The number of hydrogen-bond donors (Lipinski definition) is 0. The molecule has 0 saturated heterocycles. The molecule has 0 aliphatic heterocycles. The van der Waals surface area contributed by atoms with Crippen molar-refractivity contribution in [1.82, 2.24) is 0 Å². The third-order valence-electron chi connectivity index (χ3n) is 2.20. The van der Waals surface area contributed by atoms with Gasteiger partial charge in [-0.3, -0.25) is 0 Å². The van der Waals surface area contributed by atoms with Crippen molar-refractivity contribution in [2.75, 3.05) is 0 Å². The second kappa shape index (κ2) is 10.1. The van der Waals surface area contributed by atoms with Crippen LogP contribution in [-0.4, -0.2) is 0 Å². The summed E-state index contributed by atoms with van der Waals surface area (Å²) in [6, 6.07) is 0. The van der Waals surface area contributed by atoms with E-state index in [1.807, 2.05) is 6.08 Å². The van der Waals surface area contributed by atoms with E-state index in [2.05, 4.69) is 63.1 Å². The van der Waals surface area contributed by atoms with Gasteiger partial charge in [-0.2, -0.15) is 0 Å². The highest BCUT2D eigenvalue weighted by atomic mass is 14.0. The van der Waals surface area contributed by atoms with Crippen LogP contribution in [-0.2, 0) is 0 Å². The van der Waals surface area contributed by atoms with Crippen LogP contribution in [0.3, 0.4) is 0 Å². The van der Waals surface area contributed by atoms with Gasteiger partial charge in [0.15, 0.2) is 0 Å². The lowest BCUT2D eigenvalue weighted by atomic mass is 9.99. The van der Waals surface area contributed by atoms with E-state index in [0.717, 1.165) is 12.8 Å². The fraction of sp³-hybridized carbons (Fsp3) is 0.375. The molecule has 0 rings (SSSR count). The highest BCUT2D eigenvalue weighted by molar-refractivity contribution is 5.31. The van der Waals surface area contributed by atoms with E-state index in [0.29, 0.717) is 5.92 Å². The predicted molar refractivity (Wildman–Crippen MR) is 74.1 cm³/mol. The van der Waals surface area contributed by atoms with Gasteiger partial charge in [0.2, 0.25) is 0 Å². The first-order chi connectivity index (χ1) is 7.76. The lowest BCUT2D eigenvalue weighted by Crippen LogP contribution is -1.92. The minimum atomic E-state index is 0.361. The Balaban J connectivity index is 4.52. The molecule has 0 aliphatic carbocycles. The quantitative estimate of drug-likeness (QED) is 0.445. The molecule has 0 aromatic carbocycles. The molecular formula is C16H22. The molecule has 0 heterocycles. The third-order valence-corrected chi connectivity index (χ3v) is 2.20. The molecule has 0 N–H and O–H groups in total. The van der Waals surface area contributed by atoms with Gasteiger partial charge in [0.05, 0.1) is 0 Å². The summed E-state index contributed by atoms with van der Waals surface area (Å²) in [6.07, 6.45) is 22.0. The van der Waals surface area contributed by atoms with Crippen molar-refractivity contribution in [3.05, 3.63) is 48.1 Å². The fourth-order valence-corrected chi connectivity index (χ4v) is 1.24. The van der Waals surface area contributed by atoms with Gasteiger partial charge in [-0.1, -0.05) is 63.1 Å². The minimum absolute atomic E-state index is 0.361. The van der Waals surface area contributed by atoms with Crippen molar-refractivity contribution in [1.29, 1.82) is 0 Å². The van der Waals surface area contributed by atoms with Crippen LogP contribution in [0.2, 0.25) is 0 Å². The van der Waals surface area contributed by atoms with E-state index in [1.54, 1.807) is 0 Å². The maximum atomic E-state index is 5.32. The molecule has 0 fully saturated rings. The molecule has 0 amide bonds. The molecule has 1 atom stereocenters. The van der Waals surface area contributed by atoms with Crippen LogP contribution >= 0.6 is 0 Å². The Labute approximate surface area is 100 Å². The summed E-state index contributed by atoms with van der Waals surface area (Å²) < 4.78 is 0. The zero-order valence-electron chi connectivity index (χ0n) is 10.6. The standard InChI is InChI=1S/C16H22/c1-5-8-10-11-13-15(4)16(12-7-3)14-9-6-2/h3,8-15H,5-6H2,1-2,4H3/b10-8-,13-11-,14-9-,16-12+. The summed E-state index contributed by atoms with van der Waals surface area (Å²) in [7, 11) is 0. The van der Waals surface area contributed by atoms with E-state index < -0.39 is 0 Å². The molecule has 0 radical (unpaired) electrons. The van der Waals surface area contributed by atoms with Gasteiger partial charge in [0.25, 0.3) is 0 Å². The van der Waals surface area contributed by atoms with E-state index in [-0.39, 0.29) is 0 Å². The Morgan fingerprint density at radius 3 is 2.44 bits per heavy atom. The summed E-state index contributed by atoms with van der Waals surface area (Å²) in [4.78, 5) is 0. The summed E-state index contributed by atoms with van der Waals surface area (Å²) in [5.74, 6) is 2.96. The highest BCUT2D eigenvalue weighted by Gasteiger charge is 1.99. The molecule has 0 nitrogen and oxygen atoms in total. The number of rotatable bonds is 6. The fourth-order valence-electron chi connectivity index (χ4n) is 1.24. The highest BCUT2D eigenvalue weighted by Crippen LogP contribution is 2.13. The number of hydrogen-bond acceptors (Lipinski definition) is 0. The topological polar surface area (TPSA) is 0 Å². The number of terminal acetylenes is 1. The second-order valence-electron chi connectivity index (χ2n) is 3.63. The van der Waals surface area contributed by atoms with Crippen LogP contribution < -0.4 is 0 Å². The molecule has 86 valence electrons. The molecule has 0 bridgehead atoms. The minimum Gasteiger partial charge on any atom is -0.115 e. The van der Waals surface area contributed by atoms with Crippen molar-refractivity contribution >= 4 is 0 Å². The molecule has 16 heavy (non-hydrogen) atoms. The number of allylic oxidation sites excluding steroid dienone is 8. The molecule has 0 saturated carbocycles. The Morgan fingerprint density at radius 2 is 1.88 bits per heavy atom. The Kier molecular flexibility index (Phi) is 9.12. The van der Waals surface area contributed by atoms with E-state index >= 15 is 0 Å². The molecule has 0 aromatic heterocycles. The van der Waals surface area contributed by atoms with Gasteiger partial charge in [0, 0.05) is 0 Å². The molecule has 1 unspecified atom stereocenters. The summed E-state index contributed by atoms with van der Waals surface area (Å²) in [5, 5.41) is 0. The van der Waals surface area contributed by atoms with Crippen molar-refractivity contribution in [2.45, 2.75) is 33.6 Å². The summed E-state index contributed by atoms with van der Waals surface area (Å²) in [6.45, 7) is 6.40. The Bertz CT molecular complexity index is 318. The van der Waals surface area contributed by atoms with Crippen LogP contribution in [0, 0.1) is 18.3 Å².